The Morgan fingerprint density at radius 2 is 1.96 bits per heavy atom. The zero-order valence-corrected chi connectivity index (χ0v) is 16.5. The highest BCUT2D eigenvalue weighted by Gasteiger charge is 2.13. The number of benzene rings is 2. The minimum absolute atomic E-state index is 0.173. The number of fused-ring (bicyclic) bond motifs is 1. The van der Waals surface area contributed by atoms with Gasteiger partial charge in [0.1, 0.15) is 12.4 Å². The Morgan fingerprint density at radius 1 is 1.19 bits per heavy atom. The highest BCUT2D eigenvalue weighted by molar-refractivity contribution is 9.10. The summed E-state index contributed by atoms with van der Waals surface area (Å²) in [5.74, 6) is 1.29. The molecule has 0 amide bonds. The molecular formula is C20H14BrN3O2S. The van der Waals surface area contributed by atoms with E-state index in [1.54, 1.807) is 6.08 Å². The average Bonchev–Trinajstić information content (AvgIpc) is 3.21. The smallest absolute Gasteiger partial charge is 0.291 e. The zero-order valence-electron chi connectivity index (χ0n) is 14.1. The summed E-state index contributed by atoms with van der Waals surface area (Å²) >= 11 is 4.81. The van der Waals surface area contributed by atoms with Crippen LogP contribution >= 0.6 is 27.3 Å². The standard InChI is InChI=1S/C20H14BrN3O2S/c1-2-11-26-14-9-7-13(8-10-14)12-17-19(25)24-20(27-17)22-18(23-24)15-5-3-4-6-16(15)21/h2-10,12H,1,11H2. The molecule has 0 saturated carbocycles. The molecule has 134 valence electrons. The molecule has 2 aromatic carbocycles. The number of ether oxygens (including phenoxy) is 1. The summed E-state index contributed by atoms with van der Waals surface area (Å²) in [4.78, 5) is 17.7. The number of halogens is 1. The number of rotatable bonds is 5. The number of aromatic nitrogens is 3. The zero-order chi connectivity index (χ0) is 18.8. The van der Waals surface area contributed by atoms with Crippen molar-refractivity contribution in [1.29, 1.82) is 0 Å². The summed E-state index contributed by atoms with van der Waals surface area (Å²) in [6.07, 6.45) is 3.53. The van der Waals surface area contributed by atoms with Crippen molar-refractivity contribution in [1.82, 2.24) is 14.6 Å². The van der Waals surface area contributed by atoms with Gasteiger partial charge >= 0.3 is 0 Å². The molecule has 0 unspecified atom stereocenters. The van der Waals surface area contributed by atoms with Crippen molar-refractivity contribution in [3.05, 3.63) is 86.1 Å². The lowest BCUT2D eigenvalue weighted by Crippen LogP contribution is -2.23. The molecule has 0 aliphatic carbocycles. The van der Waals surface area contributed by atoms with Gasteiger partial charge in [0.25, 0.3) is 5.56 Å². The Kier molecular flexibility index (Phi) is 4.87. The second kappa shape index (κ2) is 7.46. The van der Waals surface area contributed by atoms with Gasteiger partial charge in [0, 0.05) is 10.0 Å². The fourth-order valence-electron chi connectivity index (χ4n) is 2.56. The van der Waals surface area contributed by atoms with Crippen molar-refractivity contribution in [3.8, 4) is 17.1 Å². The second-order valence-electron chi connectivity index (χ2n) is 5.69. The van der Waals surface area contributed by atoms with E-state index < -0.39 is 0 Å². The quantitative estimate of drug-likeness (QED) is 0.445. The van der Waals surface area contributed by atoms with E-state index in [2.05, 4.69) is 32.6 Å². The summed E-state index contributed by atoms with van der Waals surface area (Å²) in [6, 6.07) is 15.2. The topological polar surface area (TPSA) is 56.5 Å². The van der Waals surface area contributed by atoms with Crippen LogP contribution in [0, 0.1) is 0 Å². The minimum Gasteiger partial charge on any atom is -0.490 e. The molecular weight excluding hydrogens is 426 g/mol. The highest BCUT2D eigenvalue weighted by atomic mass is 79.9. The van der Waals surface area contributed by atoms with Crippen LogP contribution < -0.4 is 14.8 Å². The van der Waals surface area contributed by atoms with Gasteiger partial charge in [0.2, 0.25) is 4.96 Å². The van der Waals surface area contributed by atoms with E-state index in [0.717, 1.165) is 21.3 Å². The molecule has 0 saturated heterocycles. The van der Waals surface area contributed by atoms with Gasteiger partial charge in [0.05, 0.1) is 4.53 Å². The molecule has 0 spiro atoms. The van der Waals surface area contributed by atoms with Gasteiger partial charge < -0.3 is 4.74 Å². The van der Waals surface area contributed by atoms with Crippen LogP contribution in [0.25, 0.3) is 22.4 Å². The second-order valence-corrected chi connectivity index (χ2v) is 7.56. The Bertz CT molecular complexity index is 1230. The highest BCUT2D eigenvalue weighted by Crippen LogP contribution is 2.25. The maximum Gasteiger partial charge on any atom is 0.291 e. The average molecular weight is 440 g/mol. The number of hydrogen-bond acceptors (Lipinski definition) is 5. The van der Waals surface area contributed by atoms with Crippen LogP contribution in [-0.2, 0) is 0 Å². The molecule has 2 aromatic heterocycles. The van der Waals surface area contributed by atoms with Crippen molar-refractivity contribution in [2.24, 2.45) is 0 Å². The molecule has 5 nitrogen and oxygen atoms in total. The van der Waals surface area contributed by atoms with Crippen molar-refractivity contribution in [3.63, 3.8) is 0 Å². The van der Waals surface area contributed by atoms with Gasteiger partial charge in [-0.25, -0.2) is 0 Å². The number of hydrogen-bond donors (Lipinski definition) is 0. The molecule has 0 aliphatic rings. The first-order valence-corrected chi connectivity index (χ1v) is 9.76. The van der Waals surface area contributed by atoms with Crippen LogP contribution in [0.2, 0.25) is 0 Å². The molecule has 0 N–H and O–H groups in total. The van der Waals surface area contributed by atoms with E-state index in [1.807, 2.05) is 54.6 Å². The predicted octanol–water partition coefficient (Wildman–Crippen LogP) is 3.69. The van der Waals surface area contributed by atoms with Crippen molar-refractivity contribution < 1.29 is 4.74 Å². The number of thiazole rings is 1. The fraction of sp³-hybridized carbons (Fsp3) is 0.0500. The van der Waals surface area contributed by atoms with Crippen LogP contribution in [0.15, 0.2) is 70.5 Å². The fourth-order valence-corrected chi connectivity index (χ4v) is 3.93. The summed E-state index contributed by atoms with van der Waals surface area (Å²) in [5.41, 5.74) is 1.59. The third-order valence-corrected chi connectivity index (χ3v) is 5.49. The van der Waals surface area contributed by atoms with Gasteiger partial charge in [0.15, 0.2) is 5.82 Å². The summed E-state index contributed by atoms with van der Waals surface area (Å²) in [6.45, 7) is 4.08. The first kappa shape index (κ1) is 17.6. The van der Waals surface area contributed by atoms with Crippen molar-refractivity contribution >= 4 is 38.3 Å². The molecule has 0 radical (unpaired) electrons. The summed E-state index contributed by atoms with van der Waals surface area (Å²) < 4.78 is 8.30. The van der Waals surface area contributed by atoms with E-state index in [0.29, 0.717) is 21.9 Å². The van der Waals surface area contributed by atoms with E-state index in [4.69, 9.17) is 4.74 Å². The lowest BCUT2D eigenvalue weighted by molar-refractivity contribution is 0.363. The van der Waals surface area contributed by atoms with E-state index in [-0.39, 0.29) is 5.56 Å². The van der Waals surface area contributed by atoms with E-state index >= 15 is 0 Å². The maximum atomic E-state index is 12.7. The van der Waals surface area contributed by atoms with Crippen molar-refractivity contribution in [2.45, 2.75) is 0 Å². The van der Waals surface area contributed by atoms with Crippen molar-refractivity contribution in [2.75, 3.05) is 6.61 Å². The Hall–Kier alpha value is -2.77. The molecule has 7 heteroatoms. The third kappa shape index (κ3) is 3.56. The van der Waals surface area contributed by atoms with Crippen LogP contribution in [0.4, 0.5) is 0 Å². The van der Waals surface area contributed by atoms with Crippen LogP contribution in [-0.4, -0.2) is 21.2 Å². The predicted molar refractivity (Wildman–Crippen MR) is 111 cm³/mol. The minimum atomic E-state index is -0.173. The van der Waals surface area contributed by atoms with Gasteiger partial charge in [-0.1, -0.05) is 64.2 Å². The van der Waals surface area contributed by atoms with Gasteiger partial charge in [-0.05, 0) is 35.9 Å². The summed E-state index contributed by atoms with van der Waals surface area (Å²) in [7, 11) is 0. The maximum absolute atomic E-state index is 12.7. The van der Waals surface area contributed by atoms with Gasteiger partial charge in [-0.2, -0.15) is 9.50 Å². The lowest BCUT2D eigenvalue weighted by Gasteiger charge is -2.02. The summed E-state index contributed by atoms with van der Waals surface area (Å²) in [5, 5.41) is 4.38. The van der Waals surface area contributed by atoms with Crippen LogP contribution in [0.5, 0.6) is 5.75 Å². The Labute approximate surface area is 167 Å². The first-order valence-electron chi connectivity index (χ1n) is 8.15. The lowest BCUT2D eigenvalue weighted by atomic mass is 10.2. The molecule has 0 aliphatic heterocycles. The molecule has 0 atom stereocenters. The largest absolute Gasteiger partial charge is 0.490 e. The van der Waals surface area contributed by atoms with Gasteiger partial charge in [-0.15, -0.1) is 5.10 Å². The molecule has 4 aromatic rings. The molecule has 27 heavy (non-hydrogen) atoms. The molecule has 4 rings (SSSR count). The normalized spacial score (nSPS) is 11.8. The molecule has 0 bridgehead atoms. The Morgan fingerprint density at radius 3 is 2.67 bits per heavy atom. The number of nitrogens with zero attached hydrogens (tertiary/aromatic N) is 3. The van der Waals surface area contributed by atoms with E-state index in [1.165, 1.54) is 15.9 Å². The van der Waals surface area contributed by atoms with Gasteiger partial charge in [-0.3, -0.25) is 4.79 Å². The first-order chi connectivity index (χ1) is 13.2. The molecule has 2 heterocycles. The monoisotopic (exact) mass is 439 g/mol. The Balaban J connectivity index is 1.69. The van der Waals surface area contributed by atoms with Crippen LogP contribution in [0.3, 0.4) is 0 Å². The SMILES string of the molecule is C=CCOc1ccc(C=c2sc3nc(-c4ccccc4Br)nn3c2=O)cc1. The van der Waals surface area contributed by atoms with E-state index in [9.17, 15) is 4.79 Å². The molecule has 0 fully saturated rings. The van der Waals surface area contributed by atoms with Crippen LogP contribution in [0.1, 0.15) is 5.56 Å². The third-order valence-electron chi connectivity index (χ3n) is 3.84.